The van der Waals surface area contributed by atoms with Gasteiger partial charge in [-0.15, -0.1) is 0 Å². The molecule has 0 bridgehead atoms. The smallest absolute Gasteiger partial charge is 0.227 e. The third-order valence-electron chi connectivity index (χ3n) is 4.04. The molecule has 1 saturated carbocycles. The van der Waals surface area contributed by atoms with E-state index in [1.165, 1.54) is 5.56 Å². The van der Waals surface area contributed by atoms with E-state index in [2.05, 4.69) is 21.4 Å². The lowest BCUT2D eigenvalue weighted by Crippen LogP contribution is -2.33. The number of aromatic amines is 1. The number of H-pyrrole nitrogens is 1. The number of para-hydroxylation sites is 1. The van der Waals surface area contributed by atoms with Crippen molar-refractivity contribution < 1.29 is 9.53 Å². The Morgan fingerprint density at radius 2 is 2.24 bits per heavy atom. The molecule has 110 valence electrons. The van der Waals surface area contributed by atoms with Crippen LogP contribution in [0, 0.1) is 0 Å². The Morgan fingerprint density at radius 3 is 2.90 bits per heavy atom. The number of nitrogens with zero attached hydrogens (tertiary/aromatic N) is 1. The highest BCUT2D eigenvalue weighted by atomic mass is 16.5. The van der Waals surface area contributed by atoms with Crippen LogP contribution in [0.3, 0.4) is 0 Å². The van der Waals surface area contributed by atoms with Gasteiger partial charge in [-0.1, -0.05) is 18.2 Å². The molecule has 0 radical (unpaired) electrons. The number of rotatable bonds is 6. The predicted molar refractivity (Wildman–Crippen MR) is 79.2 cm³/mol. The van der Waals surface area contributed by atoms with E-state index < -0.39 is 0 Å². The molecule has 1 fully saturated rings. The first kappa shape index (κ1) is 13.7. The van der Waals surface area contributed by atoms with E-state index in [1.54, 1.807) is 19.5 Å². The number of aromatic nitrogens is 2. The Kier molecular flexibility index (Phi) is 3.64. The topological polar surface area (TPSA) is 67.0 Å². The molecule has 5 heteroatoms. The van der Waals surface area contributed by atoms with Crippen LogP contribution in [0.2, 0.25) is 0 Å². The van der Waals surface area contributed by atoms with Gasteiger partial charge in [0.15, 0.2) is 0 Å². The third-order valence-corrected chi connectivity index (χ3v) is 4.04. The van der Waals surface area contributed by atoms with Crippen molar-refractivity contribution in [3.05, 3.63) is 48.0 Å². The molecule has 2 N–H and O–H groups in total. The molecule has 3 rings (SSSR count). The molecule has 1 amide bonds. The van der Waals surface area contributed by atoms with Crippen molar-refractivity contribution in [2.45, 2.75) is 24.7 Å². The molecular weight excluding hydrogens is 266 g/mol. The number of carbonyl (C=O) groups is 1. The van der Waals surface area contributed by atoms with Gasteiger partial charge in [0.05, 0.1) is 13.5 Å². The van der Waals surface area contributed by atoms with Gasteiger partial charge in [0, 0.05) is 29.9 Å². The minimum atomic E-state index is -0.00822. The number of hydrogen-bond acceptors (Lipinski definition) is 3. The number of methoxy groups -OCH3 is 1. The summed E-state index contributed by atoms with van der Waals surface area (Å²) in [5, 5.41) is 3.02. The zero-order valence-electron chi connectivity index (χ0n) is 12.1. The summed E-state index contributed by atoms with van der Waals surface area (Å²) in [7, 11) is 1.68. The molecule has 5 nitrogen and oxygen atoms in total. The van der Waals surface area contributed by atoms with Crippen LogP contribution in [0.15, 0.2) is 36.7 Å². The van der Waals surface area contributed by atoms with Crippen molar-refractivity contribution in [1.82, 2.24) is 15.3 Å². The van der Waals surface area contributed by atoms with Crippen LogP contribution >= 0.6 is 0 Å². The average molecular weight is 285 g/mol. The van der Waals surface area contributed by atoms with E-state index in [4.69, 9.17) is 4.74 Å². The maximum atomic E-state index is 12.0. The molecule has 2 aromatic rings. The zero-order valence-corrected chi connectivity index (χ0v) is 12.1. The molecule has 0 atom stereocenters. The number of amides is 1. The largest absolute Gasteiger partial charge is 0.496 e. The standard InChI is InChI=1S/C16H19N3O2/c1-21-13-5-3-2-4-12(13)16(6-7-16)11-19-15(20)10-14-17-8-9-18-14/h2-5,8-9H,6-7,10-11H2,1H3,(H,17,18)(H,19,20). The van der Waals surface area contributed by atoms with Crippen molar-refractivity contribution in [2.75, 3.05) is 13.7 Å². The molecular formula is C16H19N3O2. The summed E-state index contributed by atoms with van der Waals surface area (Å²) < 4.78 is 5.44. The number of carbonyl (C=O) groups excluding carboxylic acids is 1. The fourth-order valence-electron chi connectivity index (χ4n) is 2.65. The van der Waals surface area contributed by atoms with Gasteiger partial charge in [-0.05, 0) is 18.9 Å². The van der Waals surface area contributed by atoms with Crippen molar-refractivity contribution >= 4 is 5.91 Å². The summed E-state index contributed by atoms with van der Waals surface area (Å²) in [6.45, 7) is 0.646. The van der Waals surface area contributed by atoms with Gasteiger partial charge in [0.2, 0.25) is 5.91 Å². The van der Waals surface area contributed by atoms with Crippen molar-refractivity contribution in [3.8, 4) is 5.75 Å². The van der Waals surface area contributed by atoms with Crippen LogP contribution < -0.4 is 10.1 Å². The quantitative estimate of drug-likeness (QED) is 0.850. The average Bonchev–Trinajstić information content (AvgIpc) is 3.14. The van der Waals surface area contributed by atoms with Gasteiger partial charge in [0.1, 0.15) is 11.6 Å². The van der Waals surface area contributed by atoms with Gasteiger partial charge in [-0.3, -0.25) is 4.79 Å². The van der Waals surface area contributed by atoms with Crippen LogP contribution in [0.5, 0.6) is 5.75 Å². The SMILES string of the molecule is COc1ccccc1C1(CNC(=O)Cc2ncc[nH]2)CC1. The molecule has 1 aliphatic rings. The fraction of sp³-hybridized carbons (Fsp3) is 0.375. The lowest BCUT2D eigenvalue weighted by atomic mass is 9.95. The summed E-state index contributed by atoms with van der Waals surface area (Å²) in [5.41, 5.74) is 1.22. The van der Waals surface area contributed by atoms with Crippen LogP contribution in [-0.4, -0.2) is 29.5 Å². The molecule has 0 unspecified atom stereocenters. The molecule has 0 aliphatic heterocycles. The van der Waals surface area contributed by atoms with Crippen molar-refractivity contribution in [1.29, 1.82) is 0 Å². The number of benzene rings is 1. The number of imidazole rings is 1. The van der Waals surface area contributed by atoms with Gasteiger partial charge in [-0.25, -0.2) is 4.98 Å². The third kappa shape index (κ3) is 2.91. The molecule has 21 heavy (non-hydrogen) atoms. The minimum absolute atomic E-state index is 0.00822. The van der Waals surface area contributed by atoms with Crippen LogP contribution in [-0.2, 0) is 16.6 Å². The van der Waals surface area contributed by atoms with E-state index >= 15 is 0 Å². The molecule has 0 saturated heterocycles. The Morgan fingerprint density at radius 1 is 1.43 bits per heavy atom. The van der Waals surface area contributed by atoms with E-state index in [0.717, 1.165) is 18.6 Å². The second kappa shape index (κ2) is 5.60. The first-order chi connectivity index (χ1) is 10.2. The van der Waals surface area contributed by atoms with Gasteiger partial charge in [0.25, 0.3) is 0 Å². The fourth-order valence-corrected chi connectivity index (χ4v) is 2.65. The first-order valence-electron chi connectivity index (χ1n) is 7.12. The van der Waals surface area contributed by atoms with Gasteiger partial charge in [-0.2, -0.15) is 0 Å². The Labute approximate surface area is 123 Å². The van der Waals surface area contributed by atoms with Crippen LogP contribution in [0.1, 0.15) is 24.2 Å². The molecule has 1 aromatic carbocycles. The molecule has 1 aliphatic carbocycles. The molecule has 1 heterocycles. The summed E-state index contributed by atoms with van der Waals surface area (Å²) in [6.07, 6.45) is 5.82. The van der Waals surface area contributed by atoms with Gasteiger partial charge < -0.3 is 15.0 Å². The monoisotopic (exact) mass is 285 g/mol. The first-order valence-corrected chi connectivity index (χ1v) is 7.12. The summed E-state index contributed by atoms with van der Waals surface area (Å²) in [6, 6.07) is 8.04. The Balaban J connectivity index is 1.63. The maximum absolute atomic E-state index is 12.0. The lowest BCUT2D eigenvalue weighted by molar-refractivity contribution is -0.120. The maximum Gasteiger partial charge on any atom is 0.227 e. The number of hydrogen-bond donors (Lipinski definition) is 2. The van der Waals surface area contributed by atoms with Crippen LogP contribution in [0.25, 0.3) is 0 Å². The lowest BCUT2D eigenvalue weighted by Gasteiger charge is -2.19. The Bertz CT molecular complexity index is 618. The second-order valence-corrected chi connectivity index (χ2v) is 5.47. The highest BCUT2D eigenvalue weighted by Crippen LogP contribution is 2.50. The Hall–Kier alpha value is -2.30. The predicted octanol–water partition coefficient (Wildman–Crippen LogP) is 1.81. The number of ether oxygens (including phenoxy) is 1. The second-order valence-electron chi connectivity index (χ2n) is 5.47. The minimum Gasteiger partial charge on any atom is -0.496 e. The van der Waals surface area contributed by atoms with E-state index in [-0.39, 0.29) is 17.7 Å². The van der Waals surface area contributed by atoms with Crippen LogP contribution in [0.4, 0.5) is 0 Å². The van der Waals surface area contributed by atoms with E-state index in [9.17, 15) is 4.79 Å². The number of nitrogens with one attached hydrogen (secondary N) is 2. The van der Waals surface area contributed by atoms with E-state index in [1.807, 2.05) is 18.2 Å². The summed E-state index contributed by atoms with van der Waals surface area (Å²) >= 11 is 0. The molecule has 1 aromatic heterocycles. The zero-order chi connectivity index (χ0) is 14.7. The highest BCUT2D eigenvalue weighted by Gasteiger charge is 2.46. The van der Waals surface area contributed by atoms with Crippen molar-refractivity contribution in [2.24, 2.45) is 0 Å². The van der Waals surface area contributed by atoms with E-state index in [0.29, 0.717) is 12.4 Å². The van der Waals surface area contributed by atoms with Gasteiger partial charge >= 0.3 is 0 Å². The normalized spacial score (nSPS) is 15.5. The molecule has 0 spiro atoms. The highest BCUT2D eigenvalue weighted by molar-refractivity contribution is 5.78. The summed E-state index contributed by atoms with van der Waals surface area (Å²) in [5.74, 6) is 1.58. The van der Waals surface area contributed by atoms with Crippen molar-refractivity contribution in [3.63, 3.8) is 0 Å². The summed E-state index contributed by atoms with van der Waals surface area (Å²) in [4.78, 5) is 19.0.